The van der Waals surface area contributed by atoms with E-state index in [0.29, 0.717) is 0 Å². The highest BCUT2D eigenvalue weighted by Gasteiger charge is 2.23. The molecule has 1 aliphatic rings. The summed E-state index contributed by atoms with van der Waals surface area (Å²) in [5.74, 6) is -1.32. The van der Waals surface area contributed by atoms with Gasteiger partial charge in [-0.25, -0.2) is 17.9 Å². The molecule has 1 aliphatic carbocycles. The minimum absolute atomic E-state index is 0.0142. The molecule has 1 saturated carbocycles. The summed E-state index contributed by atoms with van der Waals surface area (Å²) in [7, 11) is -4.11. The molecule has 0 aromatic heterocycles. The molecule has 0 unspecified atom stereocenters. The Hall–Kier alpha value is -0.990. The summed E-state index contributed by atoms with van der Waals surface area (Å²) in [5.41, 5.74) is -0.0652. The molecule has 0 atom stereocenters. The van der Waals surface area contributed by atoms with E-state index < -0.39 is 26.6 Å². The van der Waals surface area contributed by atoms with Crippen molar-refractivity contribution in [1.82, 2.24) is 5.32 Å². The number of carbonyl (C=O) groups excluding carboxylic acids is 1. The number of amides is 1. The molecule has 8 heteroatoms. The van der Waals surface area contributed by atoms with Crippen molar-refractivity contribution in [3.8, 4) is 0 Å². The average Bonchev–Trinajstić information content (AvgIpc) is 2.40. The standard InChI is InChI=1S/C13H16BrFN2O3S/c14-12-10(6-8(15)7-11(12)21(16,19)20)13(18)17-9-4-2-1-3-5-9/h6-7,9H,1-5H2,(H,17,18)(H2,16,19,20). The Morgan fingerprint density at radius 1 is 1.29 bits per heavy atom. The zero-order valence-corrected chi connectivity index (χ0v) is 13.6. The number of rotatable bonds is 3. The summed E-state index contributed by atoms with van der Waals surface area (Å²) < 4.78 is 36.4. The molecule has 0 heterocycles. The first kappa shape index (κ1) is 16.4. The zero-order chi connectivity index (χ0) is 15.6. The number of halogens is 2. The smallest absolute Gasteiger partial charge is 0.252 e. The van der Waals surface area contributed by atoms with Crippen LogP contribution in [-0.4, -0.2) is 20.4 Å². The van der Waals surface area contributed by atoms with Crippen LogP contribution < -0.4 is 10.5 Å². The summed E-state index contributed by atoms with van der Waals surface area (Å²) >= 11 is 3.03. The average molecular weight is 379 g/mol. The first-order valence-corrected chi connectivity index (χ1v) is 8.95. The topological polar surface area (TPSA) is 89.3 Å². The second-order valence-electron chi connectivity index (χ2n) is 5.12. The lowest BCUT2D eigenvalue weighted by molar-refractivity contribution is 0.0926. The lowest BCUT2D eigenvalue weighted by Gasteiger charge is -2.23. The first-order chi connectivity index (χ1) is 9.79. The van der Waals surface area contributed by atoms with Gasteiger partial charge in [0, 0.05) is 6.04 Å². The Bertz CT molecular complexity index is 658. The van der Waals surface area contributed by atoms with Crippen LogP contribution in [0.1, 0.15) is 42.5 Å². The SMILES string of the molecule is NS(=O)(=O)c1cc(F)cc(C(=O)NC2CCCCC2)c1Br. The van der Waals surface area contributed by atoms with Crippen LogP contribution >= 0.6 is 15.9 Å². The molecule has 0 bridgehead atoms. The lowest BCUT2D eigenvalue weighted by atomic mass is 9.95. The number of nitrogens with two attached hydrogens (primary N) is 1. The number of sulfonamides is 1. The van der Waals surface area contributed by atoms with Gasteiger partial charge in [-0.15, -0.1) is 0 Å². The first-order valence-electron chi connectivity index (χ1n) is 6.62. The van der Waals surface area contributed by atoms with E-state index in [1.54, 1.807) is 0 Å². The second-order valence-corrected chi connectivity index (χ2v) is 7.44. The van der Waals surface area contributed by atoms with Crippen molar-refractivity contribution >= 4 is 31.9 Å². The molecule has 116 valence electrons. The van der Waals surface area contributed by atoms with Gasteiger partial charge in [0.05, 0.1) is 14.9 Å². The number of benzene rings is 1. The third kappa shape index (κ3) is 4.02. The third-order valence-electron chi connectivity index (χ3n) is 3.50. The highest BCUT2D eigenvalue weighted by Crippen LogP contribution is 2.27. The summed E-state index contributed by atoms with van der Waals surface area (Å²) in [6, 6.07) is 1.83. The minimum atomic E-state index is -4.11. The Morgan fingerprint density at radius 3 is 2.48 bits per heavy atom. The maximum atomic E-state index is 13.6. The van der Waals surface area contributed by atoms with E-state index in [4.69, 9.17) is 5.14 Å². The molecular formula is C13H16BrFN2O3S. The lowest BCUT2D eigenvalue weighted by Crippen LogP contribution is -2.36. The van der Waals surface area contributed by atoms with Crippen molar-refractivity contribution in [3.63, 3.8) is 0 Å². The van der Waals surface area contributed by atoms with Crippen molar-refractivity contribution < 1.29 is 17.6 Å². The van der Waals surface area contributed by atoms with Crippen LogP contribution in [0.15, 0.2) is 21.5 Å². The largest absolute Gasteiger partial charge is 0.349 e. The third-order valence-corrected chi connectivity index (χ3v) is 5.55. The fourth-order valence-corrected chi connectivity index (χ4v) is 4.17. The fourth-order valence-electron chi connectivity index (χ4n) is 2.45. The quantitative estimate of drug-likeness (QED) is 0.845. The molecule has 1 aromatic carbocycles. The number of hydrogen-bond acceptors (Lipinski definition) is 3. The maximum absolute atomic E-state index is 13.6. The molecule has 1 amide bonds. The molecular weight excluding hydrogens is 363 g/mol. The number of hydrogen-bond donors (Lipinski definition) is 2. The number of nitrogens with one attached hydrogen (secondary N) is 1. The molecule has 1 aromatic rings. The predicted molar refractivity (Wildman–Crippen MR) is 79.8 cm³/mol. The second kappa shape index (κ2) is 6.41. The molecule has 3 N–H and O–H groups in total. The van der Waals surface area contributed by atoms with Gasteiger partial charge in [-0.3, -0.25) is 4.79 Å². The van der Waals surface area contributed by atoms with Gasteiger partial charge in [0.2, 0.25) is 10.0 Å². The highest BCUT2D eigenvalue weighted by molar-refractivity contribution is 9.10. The molecule has 0 saturated heterocycles. The van der Waals surface area contributed by atoms with Gasteiger partial charge < -0.3 is 5.32 Å². The molecule has 21 heavy (non-hydrogen) atoms. The Balaban J connectivity index is 2.30. The summed E-state index contributed by atoms with van der Waals surface area (Å²) in [5, 5.41) is 7.83. The van der Waals surface area contributed by atoms with E-state index in [9.17, 15) is 17.6 Å². The highest BCUT2D eigenvalue weighted by atomic mass is 79.9. The van der Waals surface area contributed by atoms with Crippen LogP contribution in [0.2, 0.25) is 0 Å². The Morgan fingerprint density at radius 2 is 1.90 bits per heavy atom. The Kier molecular flexibility index (Phi) is 5.00. The zero-order valence-electron chi connectivity index (χ0n) is 11.2. The normalized spacial score (nSPS) is 16.7. The van der Waals surface area contributed by atoms with Crippen molar-refractivity contribution in [2.45, 2.75) is 43.0 Å². The molecule has 0 aliphatic heterocycles. The van der Waals surface area contributed by atoms with Crippen molar-refractivity contribution in [2.75, 3.05) is 0 Å². The van der Waals surface area contributed by atoms with E-state index in [1.807, 2.05) is 0 Å². The summed E-state index contributed by atoms with van der Waals surface area (Å²) in [6.45, 7) is 0. The molecule has 5 nitrogen and oxygen atoms in total. The van der Waals surface area contributed by atoms with E-state index >= 15 is 0 Å². The van der Waals surface area contributed by atoms with Gasteiger partial charge in [0.25, 0.3) is 5.91 Å². The van der Waals surface area contributed by atoms with E-state index in [0.717, 1.165) is 44.2 Å². The maximum Gasteiger partial charge on any atom is 0.252 e. The molecule has 0 spiro atoms. The van der Waals surface area contributed by atoms with Crippen LogP contribution in [0, 0.1) is 5.82 Å². The monoisotopic (exact) mass is 378 g/mol. The van der Waals surface area contributed by atoms with Crippen LogP contribution in [0.4, 0.5) is 4.39 Å². The van der Waals surface area contributed by atoms with E-state index in [-0.39, 0.29) is 16.1 Å². The van der Waals surface area contributed by atoms with Crippen molar-refractivity contribution in [3.05, 3.63) is 28.0 Å². The Labute approximate surface area is 131 Å². The van der Waals surface area contributed by atoms with Crippen molar-refractivity contribution in [2.24, 2.45) is 5.14 Å². The predicted octanol–water partition coefficient (Wildman–Crippen LogP) is 2.30. The van der Waals surface area contributed by atoms with Crippen LogP contribution in [0.5, 0.6) is 0 Å². The fraction of sp³-hybridized carbons (Fsp3) is 0.462. The van der Waals surface area contributed by atoms with Gasteiger partial charge in [-0.1, -0.05) is 19.3 Å². The molecule has 1 fully saturated rings. The molecule has 2 rings (SSSR count). The van der Waals surface area contributed by atoms with E-state index in [1.165, 1.54) is 0 Å². The minimum Gasteiger partial charge on any atom is -0.349 e. The van der Waals surface area contributed by atoms with Gasteiger partial charge in [0.1, 0.15) is 5.82 Å². The van der Waals surface area contributed by atoms with Gasteiger partial charge in [0.15, 0.2) is 0 Å². The van der Waals surface area contributed by atoms with Gasteiger partial charge >= 0.3 is 0 Å². The summed E-state index contributed by atoms with van der Waals surface area (Å²) in [6.07, 6.45) is 4.97. The van der Waals surface area contributed by atoms with E-state index in [2.05, 4.69) is 21.2 Å². The number of carbonyl (C=O) groups is 1. The van der Waals surface area contributed by atoms with Gasteiger partial charge in [-0.05, 0) is 40.9 Å². The van der Waals surface area contributed by atoms with Gasteiger partial charge in [-0.2, -0.15) is 0 Å². The van der Waals surface area contributed by atoms with Crippen molar-refractivity contribution in [1.29, 1.82) is 0 Å². The number of primary sulfonamides is 1. The van der Waals surface area contributed by atoms with Crippen LogP contribution in [-0.2, 0) is 10.0 Å². The molecule has 0 radical (unpaired) electrons. The summed E-state index contributed by atoms with van der Waals surface area (Å²) in [4.78, 5) is 11.8. The van der Waals surface area contributed by atoms with Crippen LogP contribution in [0.25, 0.3) is 0 Å². The van der Waals surface area contributed by atoms with Crippen LogP contribution in [0.3, 0.4) is 0 Å².